The van der Waals surface area contributed by atoms with E-state index in [1.165, 1.54) is 0 Å². The summed E-state index contributed by atoms with van der Waals surface area (Å²) in [5.41, 5.74) is 4.89. The van der Waals surface area contributed by atoms with E-state index in [-0.39, 0.29) is 6.09 Å². The van der Waals surface area contributed by atoms with Crippen LogP contribution >= 0.6 is 0 Å². The molecule has 0 atom stereocenters. The summed E-state index contributed by atoms with van der Waals surface area (Å²) in [6, 6.07) is 0. The third kappa shape index (κ3) is 10.7. The Hall–Kier alpha value is -1.25. The maximum atomic E-state index is 12.0. The lowest BCUT2D eigenvalue weighted by Crippen LogP contribution is -2.39. The third-order valence-electron chi connectivity index (χ3n) is 2.40. The highest BCUT2D eigenvalue weighted by atomic mass is 16.6. The molecule has 0 aromatic carbocycles. The Morgan fingerprint density at radius 2 is 1.95 bits per heavy atom. The van der Waals surface area contributed by atoms with E-state index >= 15 is 0 Å². The molecule has 0 spiro atoms. The van der Waals surface area contributed by atoms with E-state index in [9.17, 15) is 4.79 Å². The minimum absolute atomic E-state index is 0.322. The molecule has 0 bridgehead atoms. The fraction of sp³-hybridized carbons (Fsp3) is 0.800. The molecule has 0 aliphatic heterocycles. The molecule has 0 radical (unpaired) electrons. The molecule has 0 unspecified atom stereocenters. The summed E-state index contributed by atoms with van der Waals surface area (Å²) in [7, 11) is 0. The number of unbranched alkanes of at least 4 members (excludes halogenated alkanes) is 1. The van der Waals surface area contributed by atoms with Crippen molar-refractivity contribution in [2.45, 2.75) is 45.6 Å². The second-order valence-corrected chi connectivity index (χ2v) is 5.53. The van der Waals surface area contributed by atoms with E-state index in [2.05, 4.69) is 5.92 Å². The Morgan fingerprint density at radius 1 is 1.25 bits per heavy atom. The zero-order valence-corrected chi connectivity index (χ0v) is 13.0. The predicted octanol–water partition coefficient (Wildman–Crippen LogP) is 2.00. The number of carbonyl (C=O) groups is 1. The largest absolute Gasteiger partial charge is 0.444 e. The van der Waals surface area contributed by atoms with Crippen molar-refractivity contribution in [1.82, 2.24) is 4.90 Å². The summed E-state index contributed by atoms with van der Waals surface area (Å²) < 4.78 is 10.8. The molecule has 20 heavy (non-hydrogen) atoms. The molecule has 116 valence electrons. The van der Waals surface area contributed by atoms with Crippen molar-refractivity contribution in [3.05, 3.63) is 0 Å². The molecular formula is C15H28N2O3. The van der Waals surface area contributed by atoms with Gasteiger partial charge in [0.05, 0.1) is 6.61 Å². The normalized spacial score (nSPS) is 10.9. The molecule has 0 heterocycles. The van der Waals surface area contributed by atoms with Gasteiger partial charge in [-0.1, -0.05) is 0 Å². The van der Waals surface area contributed by atoms with Crippen LogP contribution in [0.1, 0.15) is 40.0 Å². The van der Waals surface area contributed by atoms with Crippen LogP contribution in [0, 0.1) is 12.3 Å². The molecule has 0 rings (SSSR count). The fourth-order valence-corrected chi connectivity index (χ4v) is 1.46. The van der Waals surface area contributed by atoms with Crippen molar-refractivity contribution in [3.8, 4) is 12.3 Å². The van der Waals surface area contributed by atoms with Crippen LogP contribution in [0.2, 0.25) is 0 Å². The molecule has 0 aliphatic rings. The zero-order chi connectivity index (χ0) is 15.4. The average molecular weight is 284 g/mol. The molecule has 0 saturated heterocycles. The smallest absolute Gasteiger partial charge is 0.410 e. The van der Waals surface area contributed by atoms with Gasteiger partial charge in [0.15, 0.2) is 0 Å². The van der Waals surface area contributed by atoms with Gasteiger partial charge in [-0.25, -0.2) is 4.79 Å². The Balaban J connectivity index is 4.19. The highest BCUT2D eigenvalue weighted by Gasteiger charge is 2.21. The topological polar surface area (TPSA) is 64.8 Å². The minimum atomic E-state index is -0.498. The van der Waals surface area contributed by atoms with Gasteiger partial charge in [-0.2, -0.15) is 0 Å². The number of rotatable bonds is 9. The first-order valence-corrected chi connectivity index (χ1v) is 7.10. The van der Waals surface area contributed by atoms with Gasteiger partial charge in [-0.05, 0) is 40.2 Å². The molecule has 0 fully saturated rings. The van der Waals surface area contributed by atoms with Crippen molar-refractivity contribution < 1.29 is 14.3 Å². The predicted molar refractivity (Wildman–Crippen MR) is 80.4 cm³/mol. The number of hydrogen-bond donors (Lipinski definition) is 1. The Bertz CT molecular complexity index is 305. The quantitative estimate of drug-likeness (QED) is 0.519. The first-order valence-electron chi connectivity index (χ1n) is 7.10. The molecule has 0 aliphatic carbocycles. The van der Waals surface area contributed by atoms with Gasteiger partial charge in [0.2, 0.25) is 0 Å². The lowest BCUT2D eigenvalue weighted by atomic mass is 10.2. The Kier molecular flexibility index (Phi) is 9.87. The Morgan fingerprint density at radius 3 is 2.50 bits per heavy atom. The molecular weight excluding hydrogens is 256 g/mol. The van der Waals surface area contributed by atoms with Gasteiger partial charge in [0, 0.05) is 26.1 Å². The van der Waals surface area contributed by atoms with E-state index in [1.807, 2.05) is 20.8 Å². The second kappa shape index (κ2) is 10.5. The monoisotopic (exact) mass is 284 g/mol. The highest BCUT2D eigenvalue weighted by Crippen LogP contribution is 2.10. The lowest BCUT2D eigenvalue weighted by molar-refractivity contribution is 0.0173. The molecule has 2 N–H and O–H groups in total. The summed E-state index contributed by atoms with van der Waals surface area (Å²) >= 11 is 0. The number of nitrogens with two attached hydrogens (primary N) is 1. The van der Waals surface area contributed by atoms with Crippen LogP contribution in [0.15, 0.2) is 0 Å². The third-order valence-corrected chi connectivity index (χ3v) is 2.40. The van der Waals surface area contributed by atoms with E-state index in [4.69, 9.17) is 21.6 Å². The van der Waals surface area contributed by atoms with Gasteiger partial charge < -0.3 is 20.1 Å². The van der Waals surface area contributed by atoms with E-state index in [0.717, 1.165) is 12.8 Å². The van der Waals surface area contributed by atoms with Gasteiger partial charge >= 0.3 is 6.09 Å². The van der Waals surface area contributed by atoms with Crippen LogP contribution in [0.4, 0.5) is 4.79 Å². The maximum Gasteiger partial charge on any atom is 0.410 e. The Labute approximate surface area is 122 Å². The molecule has 5 nitrogen and oxygen atoms in total. The van der Waals surface area contributed by atoms with E-state index < -0.39 is 5.60 Å². The fourth-order valence-electron chi connectivity index (χ4n) is 1.46. The van der Waals surface area contributed by atoms with Gasteiger partial charge in [0.1, 0.15) is 5.60 Å². The highest BCUT2D eigenvalue weighted by molar-refractivity contribution is 5.68. The molecule has 0 aromatic heterocycles. The summed E-state index contributed by atoms with van der Waals surface area (Å²) in [5, 5.41) is 0. The van der Waals surface area contributed by atoms with Crippen molar-refractivity contribution >= 4 is 6.09 Å². The summed E-state index contributed by atoms with van der Waals surface area (Å²) in [5.74, 6) is 2.57. The molecule has 5 heteroatoms. The average Bonchev–Trinajstić information content (AvgIpc) is 2.34. The van der Waals surface area contributed by atoms with E-state index in [1.54, 1.807) is 4.90 Å². The van der Waals surface area contributed by atoms with Crippen LogP contribution in [0.3, 0.4) is 0 Å². The molecule has 0 aromatic rings. The lowest BCUT2D eigenvalue weighted by Gasteiger charge is -2.27. The first kappa shape index (κ1) is 18.8. The van der Waals surface area contributed by atoms with Crippen molar-refractivity contribution in [2.24, 2.45) is 5.73 Å². The summed E-state index contributed by atoms with van der Waals surface area (Å²) in [6.07, 6.45) is 7.14. The van der Waals surface area contributed by atoms with Crippen LogP contribution in [0.5, 0.6) is 0 Å². The van der Waals surface area contributed by atoms with Crippen molar-refractivity contribution in [1.29, 1.82) is 0 Å². The van der Waals surface area contributed by atoms with Gasteiger partial charge in [-0.3, -0.25) is 0 Å². The minimum Gasteiger partial charge on any atom is -0.444 e. The summed E-state index contributed by atoms with van der Waals surface area (Å²) in [6.45, 7) is 8.34. The maximum absolute atomic E-state index is 12.0. The first-order chi connectivity index (χ1) is 9.40. The number of hydrogen-bond acceptors (Lipinski definition) is 4. The zero-order valence-electron chi connectivity index (χ0n) is 13.0. The van der Waals surface area contributed by atoms with Crippen LogP contribution < -0.4 is 5.73 Å². The van der Waals surface area contributed by atoms with Crippen LogP contribution in [-0.4, -0.2) is 49.4 Å². The van der Waals surface area contributed by atoms with Crippen LogP contribution in [0.25, 0.3) is 0 Å². The number of amides is 1. The number of ether oxygens (including phenoxy) is 2. The molecule has 1 amide bonds. The number of terminal acetylenes is 1. The molecule has 0 saturated carbocycles. The van der Waals surface area contributed by atoms with Crippen molar-refractivity contribution in [3.63, 3.8) is 0 Å². The van der Waals surface area contributed by atoms with E-state index in [0.29, 0.717) is 39.3 Å². The second-order valence-electron chi connectivity index (χ2n) is 5.53. The summed E-state index contributed by atoms with van der Waals surface area (Å²) in [4.78, 5) is 13.7. The van der Waals surface area contributed by atoms with Crippen LogP contribution in [-0.2, 0) is 9.47 Å². The SMILES string of the molecule is C#CCCCN(CCOCCCN)C(=O)OC(C)(C)C. The van der Waals surface area contributed by atoms with Gasteiger partial charge in [0.25, 0.3) is 0 Å². The number of nitrogens with zero attached hydrogens (tertiary/aromatic N) is 1. The van der Waals surface area contributed by atoms with Gasteiger partial charge in [-0.15, -0.1) is 12.3 Å². The standard InChI is InChI=1S/C15H28N2O3/c1-5-6-7-10-17(11-13-19-12-8-9-16)14(18)20-15(2,3)4/h1H,6-13,16H2,2-4H3. The van der Waals surface area contributed by atoms with Crippen molar-refractivity contribution in [2.75, 3.05) is 32.8 Å². The number of carbonyl (C=O) groups excluding carboxylic acids is 1.